The second-order valence-corrected chi connectivity index (χ2v) is 7.50. The number of hydrogen-bond acceptors (Lipinski definition) is 5. The molecule has 0 radical (unpaired) electrons. The molecule has 6 heteroatoms. The van der Waals surface area contributed by atoms with Gasteiger partial charge in [-0.2, -0.15) is 0 Å². The van der Waals surface area contributed by atoms with E-state index in [1.807, 2.05) is 31.2 Å². The van der Waals surface area contributed by atoms with Crippen LogP contribution in [0, 0.1) is 19.8 Å². The maximum Gasteiger partial charge on any atom is 0.310 e. The number of nitrogens with one attached hydrogen (secondary N) is 1. The molecule has 1 aliphatic rings. The Bertz CT molecular complexity index is 814. The molecule has 2 aromatic rings. The van der Waals surface area contributed by atoms with Crippen LogP contribution in [0.15, 0.2) is 53.7 Å². The van der Waals surface area contributed by atoms with Crippen molar-refractivity contribution < 1.29 is 14.4 Å². The molecule has 162 valence electrons. The lowest BCUT2D eigenvalue weighted by atomic mass is 9.95. The average Bonchev–Trinajstić information content (AvgIpc) is 2.73. The van der Waals surface area contributed by atoms with E-state index in [1.54, 1.807) is 0 Å². The zero-order chi connectivity index (χ0) is 20.6. The van der Waals surface area contributed by atoms with Crippen molar-refractivity contribution in [3.8, 4) is 0 Å². The van der Waals surface area contributed by atoms with Gasteiger partial charge in [0, 0.05) is 23.7 Å². The van der Waals surface area contributed by atoms with Crippen LogP contribution in [0.1, 0.15) is 42.0 Å². The van der Waals surface area contributed by atoms with E-state index in [4.69, 9.17) is 9.57 Å². The number of carbonyl (C=O) groups is 1. The fourth-order valence-electron chi connectivity index (χ4n) is 3.63. The second kappa shape index (κ2) is 11.7. The first-order chi connectivity index (χ1) is 14.1. The summed E-state index contributed by atoms with van der Waals surface area (Å²) < 4.78 is 5.12. The Labute approximate surface area is 185 Å². The number of rotatable bonds is 7. The van der Waals surface area contributed by atoms with E-state index in [9.17, 15) is 4.79 Å². The van der Waals surface area contributed by atoms with Crippen LogP contribution in [-0.2, 0) is 14.4 Å². The Kier molecular flexibility index (Phi) is 9.34. The standard InChI is InChI=1S/C24H30N2O3.ClH/c1-4-28-24(27)19-13-14-20(25-15-19)16-29-26-23(21-11-7-5-9-17(21)2)22-12-8-6-10-18(22)3;/h5-12,19-20,25H,4,13-16H2,1-3H3;1H/t19-,20+;/m1./s1. The summed E-state index contributed by atoms with van der Waals surface area (Å²) in [6, 6.07) is 16.6. The van der Waals surface area contributed by atoms with Crippen molar-refractivity contribution in [2.75, 3.05) is 19.8 Å². The molecule has 0 aliphatic carbocycles. The largest absolute Gasteiger partial charge is 0.466 e. The third-order valence-electron chi connectivity index (χ3n) is 5.37. The van der Waals surface area contributed by atoms with Crippen LogP contribution in [0.3, 0.4) is 0 Å². The highest BCUT2D eigenvalue weighted by atomic mass is 35.5. The van der Waals surface area contributed by atoms with E-state index >= 15 is 0 Å². The normalized spacial score (nSPS) is 18.1. The van der Waals surface area contributed by atoms with Gasteiger partial charge >= 0.3 is 5.97 Å². The molecule has 1 fully saturated rings. The van der Waals surface area contributed by atoms with E-state index in [0.29, 0.717) is 19.8 Å². The van der Waals surface area contributed by atoms with Gasteiger partial charge in [-0.1, -0.05) is 53.7 Å². The average molecular weight is 431 g/mol. The topological polar surface area (TPSA) is 59.9 Å². The number of halogens is 1. The minimum atomic E-state index is -0.112. The number of piperidine rings is 1. The van der Waals surface area contributed by atoms with Gasteiger partial charge in [0.1, 0.15) is 12.3 Å². The molecule has 0 amide bonds. The van der Waals surface area contributed by atoms with Gasteiger partial charge in [0.05, 0.1) is 12.5 Å². The minimum Gasteiger partial charge on any atom is -0.466 e. The molecule has 0 unspecified atom stereocenters. The summed E-state index contributed by atoms with van der Waals surface area (Å²) in [7, 11) is 0. The molecule has 1 saturated heterocycles. The molecule has 5 nitrogen and oxygen atoms in total. The van der Waals surface area contributed by atoms with Crippen LogP contribution in [-0.4, -0.2) is 37.5 Å². The van der Waals surface area contributed by atoms with Crippen molar-refractivity contribution in [2.45, 2.75) is 39.7 Å². The summed E-state index contributed by atoms with van der Waals surface area (Å²) in [5.74, 6) is -0.178. The molecule has 0 aromatic heterocycles. The van der Waals surface area contributed by atoms with E-state index in [0.717, 1.165) is 40.8 Å². The zero-order valence-electron chi connectivity index (χ0n) is 17.9. The van der Waals surface area contributed by atoms with E-state index < -0.39 is 0 Å². The molecule has 2 aromatic carbocycles. The van der Waals surface area contributed by atoms with E-state index in [1.165, 1.54) is 0 Å². The third-order valence-corrected chi connectivity index (χ3v) is 5.37. The van der Waals surface area contributed by atoms with Gasteiger partial charge in [-0.25, -0.2) is 0 Å². The van der Waals surface area contributed by atoms with Crippen LogP contribution >= 0.6 is 12.4 Å². The van der Waals surface area contributed by atoms with Crippen LogP contribution in [0.5, 0.6) is 0 Å². The molecule has 0 saturated carbocycles. The van der Waals surface area contributed by atoms with Crippen molar-refractivity contribution in [3.63, 3.8) is 0 Å². The van der Waals surface area contributed by atoms with Crippen molar-refractivity contribution in [3.05, 3.63) is 70.8 Å². The Morgan fingerprint density at radius 2 is 1.63 bits per heavy atom. The summed E-state index contributed by atoms with van der Waals surface area (Å²) in [5.41, 5.74) is 5.31. The maximum atomic E-state index is 11.9. The van der Waals surface area contributed by atoms with Gasteiger partial charge in [-0.15, -0.1) is 12.4 Å². The second-order valence-electron chi connectivity index (χ2n) is 7.50. The lowest BCUT2D eigenvalue weighted by molar-refractivity contribution is -0.148. The van der Waals surface area contributed by atoms with Gasteiger partial charge < -0.3 is 14.9 Å². The first-order valence-electron chi connectivity index (χ1n) is 10.3. The number of ether oxygens (including phenoxy) is 1. The fraction of sp³-hybridized carbons (Fsp3) is 0.417. The van der Waals surface area contributed by atoms with Crippen molar-refractivity contribution in [1.29, 1.82) is 0 Å². The highest BCUT2D eigenvalue weighted by molar-refractivity contribution is 6.14. The fourth-order valence-corrected chi connectivity index (χ4v) is 3.63. The summed E-state index contributed by atoms with van der Waals surface area (Å²) in [6.45, 7) is 7.53. The number of aryl methyl sites for hydroxylation is 2. The molecule has 3 rings (SSSR count). The van der Waals surface area contributed by atoms with E-state index in [2.05, 4.69) is 48.6 Å². The first kappa shape index (κ1) is 23.9. The molecule has 1 aliphatic heterocycles. The number of carbonyl (C=O) groups excluding carboxylic acids is 1. The Balaban J connectivity index is 0.00000320. The summed E-state index contributed by atoms with van der Waals surface area (Å²) >= 11 is 0. The maximum absolute atomic E-state index is 11.9. The van der Waals surface area contributed by atoms with Gasteiger partial charge in [-0.3, -0.25) is 4.79 Å². The number of hydrogen-bond donors (Lipinski definition) is 1. The number of oxime groups is 1. The van der Waals surface area contributed by atoms with Crippen LogP contribution in [0.2, 0.25) is 0 Å². The Morgan fingerprint density at radius 3 is 2.13 bits per heavy atom. The monoisotopic (exact) mass is 430 g/mol. The van der Waals surface area contributed by atoms with Gasteiger partial charge in [-0.05, 0) is 44.7 Å². The summed E-state index contributed by atoms with van der Waals surface area (Å²) in [4.78, 5) is 17.7. The predicted molar refractivity (Wildman–Crippen MR) is 122 cm³/mol. The van der Waals surface area contributed by atoms with E-state index in [-0.39, 0.29) is 30.3 Å². The minimum absolute atomic E-state index is 0. The lowest BCUT2D eigenvalue weighted by Gasteiger charge is -2.27. The zero-order valence-corrected chi connectivity index (χ0v) is 18.7. The van der Waals surface area contributed by atoms with Gasteiger partial charge in [0.15, 0.2) is 0 Å². The Hall–Kier alpha value is -2.37. The molecule has 0 bridgehead atoms. The van der Waals surface area contributed by atoms with Gasteiger partial charge in [0.25, 0.3) is 0 Å². The summed E-state index contributed by atoms with van der Waals surface area (Å²) in [5, 5.41) is 7.94. The van der Waals surface area contributed by atoms with Gasteiger partial charge in [0.2, 0.25) is 0 Å². The number of benzene rings is 2. The smallest absolute Gasteiger partial charge is 0.310 e. The Morgan fingerprint density at radius 1 is 1.03 bits per heavy atom. The molecular formula is C24H31ClN2O3. The lowest BCUT2D eigenvalue weighted by Crippen LogP contribution is -2.44. The SMILES string of the molecule is CCOC(=O)[C@@H]1CC[C@@H](CON=C(c2ccccc2C)c2ccccc2C)NC1.Cl. The molecular weight excluding hydrogens is 400 g/mol. The molecule has 1 heterocycles. The number of esters is 1. The first-order valence-corrected chi connectivity index (χ1v) is 10.3. The molecule has 2 atom stereocenters. The van der Waals surface area contributed by atoms with Crippen molar-refractivity contribution in [1.82, 2.24) is 5.32 Å². The third kappa shape index (κ3) is 6.07. The quantitative estimate of drug-likeness (QED) is 0.401. The molecule has 1 N–H and O–H groups in total. The molecule has 30 heavy (non-hydrogen) atoms. The highest BCUT2D eigenvalue weighted by Crippen LogP contribution is 2.19. The summed E-state index contributed by atoms with van der Waals surface area (Å²) in [6.07, 6.45) is 1.68. The molecule has 0 spiro atoms. The highest BCUT2D eigenvalue weighted by Gasteiger charge is 2.27. The predicted octanol–water partition coefficient (Wildman–Crippen LogP) is 4.43. The van der Waals surface area contributed by atoms with Crippen molar-refractivity contribution >= 4 is 24.1 Å². The number of nitrogens with zero attached hydrogens (tertiary/aromatic N) is 1. The van der Waals surface area contributed by atoms with Crippen LogP contribution in [0.4, 0.5) is 0 Å². The van der Waals surface area contributed by atoms with Crippen LogP contribution < -0.4 is 5.32 Å². The van der Waals surface area contributed by atoms with Crippen molar-refractivity contribution in [2.24, 2.45) is 11.1 Å². The van der Waals surface area contributed by atoms with Crippen LogP contribution in [0.25, 0.3) is 0 Å².